The number of anilines is 2. The van der Waals surface area contributed by atoms with Gasteiger partial charge < -0.3 is 21.5 Å². The maximum atomic E-state index is 11.4. The molecule has 0 aliphatic carbocycles. The van der Waals surface area contributed by atoms with Gasteiger partial charge in [-0.05, 0) is 24.6 Å². The van der Waals surface area contributed by atoms with Crippen LogP contribution in [0.5, 0.6) is 0 Å². The minimum absolute atomic E-state index is 0.0628. The summed E-state index contributed by atoms with van der Waals surface area (Å²) in [6, 6.07) is 4.32. The minimum Gasteiger partial charge on any atom is -0.478 e. The van der Waals surface area contributed by atoms with Gasteiger partial charge in [-0.2, -0.15) is 0 Å². The fraction of sp³-hybridized carbons (Fsp3) is 0.333. The number of carbonyl (C=O) groups is 2. The summed E-state index contributed by atoms with van der Waals surface area (Å²) in [5.41, 5.74) is 6.67. The SMILES string of the molecule is CCCNC(=O)CNc1cc(C(=O)O)ccc1N. The number of carboxylic acids is 1. The molecule has 1 aromatic carbocycles. The Bertz CT molecular complexity index is 446. The molecule has 0 fully saturated rings. The molecule has 0 saturated carbocycles. The number of nitrogens with one attached hydrogen (secondary N) is 2. The molecule has 0 radical (unpaired) electrons. The minimum atomic E-state index is -1.03. The van der Waals surface area contributed by atoms with E-state index in [1.165, 1.54) is 18.2 Å². The van der Waals surface area contributed by atoms with Crippen molar-refractivity contribution in [1.29, 1.82) is 0 Å². The van der Waals surface area contributed by atoms with E-state index < -0.39 is 5.97 Å². The van der Waals surface area contributed by atoms with Gasteiger partial charge in [0.1, 0.15) is 0 Å². The average Bonchev–Trinajstić information content (AvgIpc) is 2.35. The Labute approximate surface area is 105 Å². The number of rotatable bonds is 6. The maximum absolute atomic E-state index is 11.4. The second kappa shape index (κ2) is 6.48. The molecular formula is C12H17N3O3. The van der Waals surface area contributed by atoms with E-state index in [-0.39, 0.29) is 18.0 Å². The van der Waals surface area contributed by atoms with Crippen LogP contribution in [0.2, 0.25) is 0 Å². The molecule has 0 aliphatic heterocycles. The van der Waals surface area contributed by atoms with Crippen LogP contribution in [0.25, 0.3) is 0 Å². The Morgan fingerprint density at radius 2 is 2.11 bits per heavy atom. The summed E-state index contributed by atoms with van der Waals surface area (Å²) >= 11 is 0. The second-order valence-electron chi connectivity index (χ2n) is 3.81. The molecule has 1 aromatic rings. The Morgan fingerprint density at radius 3 is 2.72 bits per heavy atom. The molecule has 1 rings (SSSR count). The molecule has 6 heteroatoms. The van der Waals surface area contributed by atoms with Crippen LogP contribution in [-0.2, 0) is 4.79 Å². The highest BCUT2D eigenvalue weighted by atomic mass is 16.4. The lowest BCUT2D eigenvalue weighted by Crippen LogP contribution is -2.30. The van der Waals surface area contributed by atoms with Crippen LogP contribution < -0.4 is 16.4 Å². The lowest BCUT2D eigenvalue weighted by atomic mass is 10.1. The zero-order chi connectivity index (χ0) is 13.5. The van der Waals surface area contributed by atoms with Gasteiger partial charge in [0.15, 0.2) is 0 Å². The molecule has 5 N–H and O–H groups in total. The zero-order valence-electron chi connectivity index (χ0n) is 10.2. The van der Waals surface area contributed by atoms with Gasteiger partial charge in [0, 0.05) is 6.54 Å². The second-order valence-corrected chi connectivity index (χ2v) is 3.81. The van der Waals surface area contributed by atoms with Gasteiger partial charge in [-0.25, -0.2) is 4.79 Å². The first-order valence-electron chi connectivity index (χ1n) is 5.68. The summed E-state index contributed by atoms with van der Waals surface area (Å²) in [7, 11) is 0. The summed E-state index contributed by atoms with van der Waals surface area (Å²) in [4.78, 5) is 22.2. The van der Waals surface area contributed by atoms with Crippen LogP contribution in [0, 0.1) is 0 Å². The fourth-order valence-corrected chi connectivity index (χ4v) is 1.34. The lowest BCUT2D eigenvalue weighted by Gasteiger charge is -2.10. The Hall–Kier alpha value is -2.24. The van der Waals surface area contributed by atoms with E-state index in [1.807, 2.05) is 6.92 Å². The molecule has 0 aliphatic rings. The third kappa shape index (κ3) is 3.97. The summed E-state index contributed by atoms with van der Waals surface area (Å²) in [5.74, 6) is -1.19. The number of hydrogen-bond donors (Lipinski definition) is 4. The molecule has 6 nitrogen and oxygen atoms in total. The van der Waals surface area contributed by atoms with Gasteiger partial charge in [-0.15, -0.1) is 0 Å². The third-order valence-corrected chi connectivity index (χ3v) is 2.31. The van der Waals surface area contributed by atoms with E-state index in [4.69, 9.17) is 10.8 Å². The first-order valence-corrected chi connectivity index (χ1v) is 5.68. The number of carbonyl (C=O) groups excluding carboxylic acids is 1. The molecule has 18 heavy (non-hydrogen) atoms. The molecule has 0 spiro atoms. The smallest absolute Gasteiger partial charge is 0.335 e. The standard InChI is InChI=1S/C12H17N3O3/c1-2-5-14-11(16)7-15-10-6-8(12(17)18)3-4-9(10)13/h3-4,6,15H,2,5,7,13H2,1H3,(H,14,16)(H,17,18). The van der Waals surface area contributed by atoms with Crippen LogP contribution in [0.4, 0.5) is 11.4 Å². The van der Waals surface area contributed by atoms with Crippen molar-refractivity contribution in [2.24, 2.45) is 0 Å². The van der Waals surface area contributed by atoms with Crippen molar-refractivity contribution >= 4 is 23.3 Å². The highest BCUT2D eigenvalue weighted by Crippen LogP contribution is 2.19. The molecule has 0 aromatic heterocycles. The van der Waals surface area contributed by atoms with Crippen molar-refractivity contribution in [2.75, 3.05) is 24.1 Å². The molecular weight excluding hydrogens is 234 g/mol. The monoisotopic (exact) mass is 251 g/mol. The predicted octanol–water partition coefficient (Wildman–Crippen LogP) is 0.905. The van der Waals surface area contributed by atoms with Crippen molar-refractivity contribution in [3.63, 3.8) is 0 Å². The van der Waals surface area contributed by atoms with Gasteiger partial charge >= 0.3 is 5.97 Å². The molecule has 0 bridgehead atoms. The van der Waals surface area contributed by atoms with Crippen molar-refractivity contribution in [3.8, 4) is 0 Å². The number of amides is 1. The van der Waals surface area contributed by atoms with Gasteiger partial charge in [-0.3, -0.25) is 4.79 Å². The van der Waals surface area contributed by atoms with Crippen molar-refractivity contribution < 1.29 is 14.7 Å². The summed E-state index contributed by atoms with van der Waals surface area (Å²) < 4.78 is 0. The number of carboxylic acid groups (broad SMARTS) is 1. The molecule has 0 unspecified atom stereocenters. The van der Waals surface area contributed by atoms with Gasteiger partial charge in [-0.1, -0.05) is 6.92 Å². The molecule has 98 valence electrons. The molecule has 0 saturated heterocycles. The highest BCUT2D eigenvalue weighted by molar-refractivity contribution is 5.91. The maximum Gasteiger partial charge on any atom is 0.335 e. The Balaban J connectivity index is 2.63. The average molecular weight is 251 g/mol. The van der Waals surface area contributed by atoms with Crippen LogP contribution in [-0.4, -0.2) is 30.1 Å². The van der Waals surface area contributed by atoms with Gasteiger partial charge in [0.05, 0.1) is 23.5 Å². The van der Waals surface area contributed by atoms with Gasteiger partial charge in [0.2, 0.25) is 5.91 Å². The quantitative estimate of drug-likeness (QED) is 0.562. The van der Waals surface area contributed by atoms with Crippen LogP contribution in [0.15, 0.2) is 18.2 Å². The van der Waals surface area contributed by atoms with Crippen LogP contribution >= 0.6 is 0 Å². The first-order chi connectivity index (χ1) is 8.54. The van der Waals surface area contributed by atoms with Crippen molar-refractivity contribution in [1.82, 2.24) is 5.32 Å². The number of nitrogen functional groups attached to an aromatic ring is 1. The largest absolute Gasteiger partial charge is 0.478 e. The third-order valence-electron chi connectivity index (χ3n) is 2.31. The molecule has 0 atom stereocenters. The Kier molecular flexibility index (Phi) is 4.98. The number of benzene rings is 1. The normalized spacial score (nSPS) is 9.83. The van der Waals surface area contributed by atoms with Gasteiger partial charge in [0.25, 0.3) is 0 Å². The zero-order valence-corrected chi connectivity index (χ0v) is 10.2. The van der Waals surface area contributed by atoms with E-state index in [9.17, 15) is 9.59 Å². The van der Waals surface area contributed by atoms with Crippen molar-refractivity contribution in [2.45, 2.75) is 13.3 Å². The van der Waals surface area contributed by atoms with E-state index >= 15 is 0 Å². The highest BCUT2D eigenvalue weighted by Gasteiger charge is 2.07. The number of hydrogen-bond acceptors (Lipinski definition) is 4. The first kappa shape index (κ1) is 13.8. The van der Waals surface area contributed by atoms with Crippen LogP contribution in [0.3, 0.4) is 0 Å². The van der Waals surface area contributed by atoms with E-state index in [0.29, 0.717) is 17.9 Å². The van der Waals surface area contributed by atoms with Crippen molar-refractivity contribution in [3.05, 3.63) is 23.8 Å². The molecule has 1 amide bonds. The van der Waals surface area contributed by atoms with E-state index in [1.54, 1.807) is 0 Å². The lowest BCUT2D eigenvalue weighted by molar-refractivity contribution is -0.119. The number of aromatic carboxylic acids is 1. The van der Waals surface area contributed by atoms with E-state index in [2.05, 4.69) is 10.6 Å². The summed E-state index contributed by atoms with van der Waals surface area (Å²) in [6.45, 7) is 2.64. The Morgan fingerprint density at radius 1 is 1.39 bits per heavy atom. The topological polar surface area (TPSA) is 104 Å². The predicted molar refractivity (Wildman–Crippen MR) is 69.6 cm³/mol. The van der Waals surface area contributed by atoms with E-state index in [0.717, 1.165) is 6.42 Å². The summed E-state index contributed by atoms with van der Waals surface area (Å²) in [5, 5.41) is 14.4. The molecule has 0 heterocycles. The fourth-order valence-electron chi connectivity index (χ4n) is 1.34. The summed E-state index contributed by atoms with van der Waals surface area (Å²) in [6.07, 6.45) is 0.863. The van der Waals surface area contributed by atoms with Crippen LogP contribution in [0.1, 0.15) is 23.7 Å². The number of nitrogens with two attached hydrogens (primary N) is 1.